The first-order chi connectivity index (χ1) is 16.8. The van der Waals surface area contributed by atoms with E-state index in [1.807, 2.05) is 77.4 Å². The molecule has 0 bridgehead atoms. The van der Waals surface area contributed by atoms with Crippen molar-refractivity contribution in [2.24, 2.45) is 0 Å². The smallest absolute Gasteiger partial charge is 0.271 e. The number of benzene rings is 2. The number of rotatable bonds is 8. The minimum atomic E-state index is -0.178. The second-order valence-electron chi connectivity index (χ2n) is 7.30. The van der Waals surface area contributed by atoms with Crippen molar-refractivity contribution in [1.82, 2.24) is 30.0 Å². The highest BCUT2D eigenvalue weighted by molar-refractivity contribution is 7.98. The maximum absolute atomic E-state index is 12.5. The molecule has 3 aromatic heterocycles. The van der Waals surface area contributed by atoms with Crippen molar-refractivity contribution in [1.29, 1.82) is 0 Å². The summed E-state index contributed by atoms with van der Waals surface area (Å²) in [6.45, 7) is 0.471. The fraction of sp³-hybridized carbons (Fsp3) is 0.0800. The Morgan fingerprint density at radius 1 is 0.971 bits per heavy atom. The Kier molecular flexibility index (Phi) is 6.73. The van der Waals surface area contributed by atoms with Crippen molar-refractivity contribution in [3.63, 3.8) is 0 Å². The first kappa shape index (κ1) is 22.0. The molecule has 1 amide bonds. The van der Waals surface area contributed by atoms with Crippen molar-refractivity contribution < 1.29 is 4.79 Å². The van der Waals surface area contributed by atoms with Crippen molar-refractivity contribution in [2.75, 3.05) is 0 Å². The number of pyridine rings is 1. The summed E-state index contributed by atoms with van der Waals surface area (Å²) in [6.07, 6.45) is 3.51. The number of nitrogens with one attached hydrogen (secondary N) is 1. The third-order valence-corrected chi connectivity index (χ3v) is 6.94. The van der Waals surface area contributed by atoms with Crippen LogP contribution in [-0.2, 0) is 12.3 Å². The molecule has 5 aromatic rings. The van der Waals surface area contributed by atoms with Gasteiger partial charge in [0.25, 0.3) is 5.91 Å². The van der Waals surface area contributed by atoms with Crippen molar-refractivity contribution in [2.45, 2.75) is 17.5 Å². The van der Waals surface area contributed by atoms with Crippen LogP contribution < -0.4 is 5.32 Å². The average molecular weight is 485 g/mol. The van der Waals surface area contributed by atoms with Crippen LogP contribution >= 0.6 is 23.1 Å². The molecule has 0 saturated heterocycles. The van der Waals surface area contributed by atoms with Crippen molar-refractivity contribution >= 4 is 29.0 Å². The molecule has 34 heavy (non-hydrogen) atoms. The third-order valence-electron chi connectivity index (χ3n) is 4.97. The van der Waals surface area contributed by atoms with Crippen LogP contribution in [0.4, 0.5) is 0 Å². The third kappa shape index (κ3) is 5.05. The molecule has 9 heteroatoms. The van der Waals surface area contributed by atoms with Crippen LogP contribution in [0.5, 0.6) is 0 Å². The van der Waals surface area contributed by atoms with Crippen LogP contribution in [0.15, 0.2) is 95.7 Å². The van der Waals surface area contributed by atoms with Gasteiger partial charge in [0.15, 0.2) is 11.0 Å². The van der Waals surface area contributed by atoms with Gasteiger partial charge < -0.3 is 5.32 Å². The number of para-hydroxylation sites is 1. The van der Waals surface area contributed by atoms with Crippen molar-refractivity contribution in [3.05, 3.63) is 107 Å². The number of carbonyl (C=O) groups excluding carboxylic acids is 1. The summed E-state index contributed by atoms with van der Waals surface area (Å²) in [5.74, 6) is 1.12. The van der Waals surface area contributed by atoms with Crippen LogP contribution in [0.1, 0.15) is 21.1 Å². The van der Waals surface area contributed by atoms with E-state index in [2.05, 4.69) is 25.5 Å². The van der Waals surface area contributed by atoms with Gasteiger partial charge in [0.05, 0.1) is 5.75 Å². The Balaban J connectivity index is 1.31. The number of amides is 1. The van der Waals surface area contributed by atoms with Gasteiger partial charge in [0.2, 0.25) is 0 Å². The molecule has 168 valence electrons. The van der Waals surface area contributed by atoms with E-state index in [4.69, 9.17) is 0 Å². The van der Waals surface area contributed by atoms with E-state index >= 15 is 0 Å². The standard InChI is InChI=1S/C25H20N6OS2/c32-24(27-14-18-8-3-1-4-9-18)21-16-33-22(28-21)17-34-25-30-29-23(19-10-7-13-26-15-19)31(25)20-11-5-2-6-12-20/h1-13,15-16H,14,17H2,(H,27,32). The van der Waals surface area contributed by atoms with Gasteiger partial charge >= 0.3 is 0 Å². The zero-order chi connectivity index (χ0) is 23.2. The van der Waals surface area contributed by atoms with Gasteiger partial charge in [0.1, 0.15) is 10.7 Å². The lowest BCUT2D eigenvalue weighted by molar-refractivity contribution is 0.0946. The molecule has 7 nitrogen and oxygen atoms in total. The molecule has 0 aliphatic heterocycles. The van der Waals surface area contributed by atoms with E-state index < -0.39 is 0 Å². The summed E-state index contributed by atoms with van der Waals surface area (Å²) in [4.78, 5) is 21.2. The summed E-state index contributed by atoms with van der Waals surface area (Å²) in [5, 5.41) is 15.2. The predicted octanol–water partition coefficient (Wildman–Crippen LogP) is 5.01. The molecule has 0 unspecified atom stereocenters. The highest BCUT2D eigenvalue weighted by Crippen LogP contribution is 2.30. The summed E-state index contributed by atoms with van der Waals surface area (Å²) in [6, 6.07) is 23.6. The molecule has 0 aliphatic carbocycles. The zero-order valence-electron chi connectivity index (χ0n) is 18.0. The number of nitrogens with zero attached hydrogens (tertiary/aromatic N) is 5. The number of hydrogen-bond acceptors (Lipinski definition) is 7. The number of carbonyl (C=O) groups is 1. The van der Waals surface area contributed by atoms with E-state index in [0.717, 1.165) is 32.8 Å². The Morgan fingerprint density at radius 2 is 1.76 bits per heavy atom. The molecule has 0 fully saturated rings. The SMILES string of the molecule is O=C(NCc1ccccc1)c1csc(CSc2nnc(-c3cccnc3)n2-c2ccccc2)n1. The van der Waals surface area contributed by atoms with Gasteiger partial charge in [0, 0.05) is 35.6 Å². The fourth-order valence-corrected chi connectivity index (χ4v) is 5.08. The summed E-state index contributed by atoms with van der Waals surface area (Å²) in [5.41, 5.74) is 3.33. The van der Waals surface area contributed by atoms with E-state index in [1.165, 1.54) is 23.1 Å². The second kappa shape index (κ2) is 10.4. The van der Waals surface area contributed by atoms with Gasteiger partial charge in [-0.1, -0.05) is 60.3 Å². The van der Waals surface area contributed by atoms with Gasteiger partial charge in [-0.3, -0.25) is 14.3 Å². The second-order valence-corrected chi connectivity index (χ2v) is 9.19. The zero-order valence-corrected chi connectivity index (χ0v) is 19.7. The minimum absolute atomic E-state index is 0.178. The Morgan fingerprint density at radius 3 is 2.53 bits per heavy atom. The number of aromatic nitrogens is 5. The van der Waals surface area contributed by atoms with Gasteiger partial charge in [-0.2, -0.15) is 0 Å². The number of thiazole rings is 1. The average Bonchev–Trinajstić information content (AvgIpc) is 3.55. The molecule has 0 radical (unpaired) electrons. The molecule has 0 spiro atoms. The monoisotopic (exact) mass is 484 g/mol. The maximum atomic E-state index is 12.5. The maximum Gasteiger partial charge on any atom is 0.271 e. The molecule has 0 aliphatic rings. The largest absolute Gasteiger partial charge is 0.347 e. The van der Waals surface area contributed by atoms with Crippen LogP contribution in [0.25, 0.3) is 17.1 Å². The lowest BCUT2D eigenvalue weighted by Gasteiger charge is -2.09. The van der Waals surface area contributed by atoms with Crippen LogP contribution in [0, 0.1) is 0 Å². The molecule has 3 heterocycles. The minimum Gasteiger partial charge on any atom is -0.347 e. The molecule has 0 saturated carbocycles. The van der Waals surface area contributed by atoms with E-state index in [1.54, 1.807) is 17.8 Å². The first-order valence-electron chi connectivity index (χ1n) is 10.6. The van der Waals surface area contributed by atoms with Gasteiger partial charge in [-0.25, -0.2) is 4.98 Å². The van der Waals surface area contributed by atoms with Crippen LogP contribution in [0.2, 0.25) is 0 Å². The normalized spacial score (nSPS) is 10.8. The van der Waals surface area contributed by atoms with Crippen LogP contribution in [-0.4, -0.2) is 30.6 Å². The molecule has 5 rings (SSSR count). The van der Waals surface area contributed by atoms with Crippen LogP contribution in [0.3, 0.4) is 0 Å². The highest BCUT2D eigenvalue weighted by Gasteiger charge is 2.17. The van der Waals surface area contributed by atoms with E-state index in [9.17, 15) is 4.79 Å². The summed E-state index contributed by atoms with van der Waals surface area (Å²) in [7, 11) is 0. The predicted molar refractivity (Wildman–Crippen MR) is 134 cm³/mol. The quantitative estimate of drug-likeness (QED) is 0.312. The lowest BCUT2D eigenvalue weighted by Crippen LogP contribution is -2.23. The van der Waals surface area contributed by atoms with Crippen molar-refractivity contribution in [3.8, 4) is 17.1 Å². The molecule has 0 atom stereocenters. The lowest BCUT2D eigenvalue weighted by atomic mass is 10.2. The van der Waals surface area contributed by atoms with Gasteiger partial charge in [-0.15, -0.1) is 21.5 Å². The number of hydrogen-bond donors (Lipinski definition) is 1. The highest BCUT2D eigenvalue weighted by atomic mass is 32.2. The number of thioether (sulfide) groups is 1. The summed E-state index contributed by atoms with van der Waals surface area (Å²) < 4.78 is 2.02. The Labute approximate surface area is 204 Å². The molecule has 2 aromatic carbocycles. The molecular formula is C25H20N6OS2. The van der Waals surface area contributed by atoms with Gasteiger partial charge in [-0.05, 0) is 29.8 Å². The molecular weight excluding hydrogens is 464 g/mol. The molecule has 1 N–H and O–H groups in total. The van der Waals surface area contributed by atoms with E-state index in [-0.39, 0.29) is 5.91 Å². The topological polar surface area (TPSA) is 85.6 Å². The Hall–Kier alpha value is -3.82. The first-order valence-corrected chi connectivity index (χ1v) is 12.4. The summed E-state index contributed by atoms with van der Waals surface area (Å²) >= 11 is 2.99. The van der Waals surface area contributed by atoms with E-state index in [0.29, 0.717) is 18.0 Å². The Bertz CT molecular complexity index is 1370. The fourth-order valence-electron chi connectivity index (χ4n) is 3.33.